The molecule has 0 fully saturated rings. The highest BCUT2D eigenvalue weighted by molar-refractivity contribution is 6.09. The minimum absolute atomic E-state index is 0.0555. The molecule has 1 aliphatic rings. The number of nitrogens with zero attached hydrogens (tertiary/aromatic N) is 2. The summed E-state index contributed by atoms with van der Waals surface area (Å²) in [6.45, 7) is 4.60. The van der Waals surface area contributed by atoms with Crippen molar-refractivity contribution in [2.45, 2.75) is 19.3 Å². The first-order chi connectivity index (χ1) is 14.6. The van der Waals surface area contributed by atoms with Gasteiger partial charge in [0.05, 0.1) is 18.1 Å². The van der Waals surface area contributed by atoms with Crippen LogP contribution < -0.4 is 4.74 Å². The van der Waals surface area contributed by atoms with Crippen LogP contribution in [0.15, 0.2) is 79.0 Å². The Kier molecular flexibility index (Phi) is 3.43. The van der Waals surface area contributed by atoms with Crippen LogP contribution in [0.1, 0.15) is 25.0 Å². The van der Waals surface area contributed by atoms with Crippen molar-refractivity contribution in [3.05, 3.63) is 90.1 Å². The molecule has 0 N–H and O–H groups in total. The number of aromatic nitrogens is 2. The fourth-order valence-corrected chi connectivity index (χ4v) is 5.03. The van der Waals surface area contributed by atoms with Gasteiger partial charge in [-0.05, 0) is 41.0 Å². The van der Waals surface area contributed by atoms with Gasteiger partial charge in [-0.1, -0.05) is 56.3 Å². The van der Waals surface area contributed by atoms with Gasteiger partial charge in [-0.25, -0.2) is 4.98 Å². The van der Waals surface area contributed by atoms with Gasteiger partial charge in [0.15, 0.2) is 0 Å². The van der Waals surface area contributed by atoms with Gasteiger partial charge < -0.3 is 4.74 Å². The zero-order valence-electron chi connectivity index (χ0n) is 17.3. The van der Waals surface area contributed by atoms with E-state index in [-0.39, 0.29) is 5.41 Å². The quantitative estimate of drug-likeness (QED) is 0.344. The number of benzene rings is 3. The molecule has 30 heavy (non-hydrogen) atoms. The lowest BCUT2D eigenvalue weighted by Gasteiger charge is -2.22. The Hall–Kier alpha value is -3.59. The summed E-state index contributed by atoms with van der Waals surface area (Å²) < 4.78 is 7.78. The van der Waals surface area contributed by atoms with Gasteiger partial charge in [-0.3, -0.25) is 4.57 Å². The van der Waals surface area contributed by atoms with Crippen molar-refractivity contribution in [1.29, 1.82) is 0 Å². The fraction of sp³-hybridized carbons (Fsp3) is 0.148. The van der Waals surface area contributed by atoms with Gasteiger partial charge >= 0.3 is 0 Å². The van der Waals surface area contributed by atoms with Gasteiger partial charge in [0.1, 0.15) is 11.6 Å². The van der Waals surface area contributed by atoms with E-state index >= 15 is 0 Å². The summed E-state index contributed by atoms with van der Waals surface area (Å²) in [6, 6.07) is 25.7. The minimum Gasteiger partial charge on any atom is -0.497 e. The molecule has 5 aromatic rings. The van der Waals surface area contributed by atoms with Gasteiger partial charge in [-0.15, -0.1) is 0 Å². The molecule has 0 unspecified atom stereocenters. The predicted molar refractivity (Wildman–Crippen MR) is 123 cm³/mol. The number of rotatable bonds is 2. The molecule has 0 spiro atoms. The van der Waals surface area contributed by atoms with Crippen LogP contribution in [0.3, 0.4) is 0 Å². The smallest absolute Gasteiger partial charge is 0.137 e. The molecule has 2 heterocycles. The van der Waals surface area contributed by atoms with Gasteiger partial charge in [0.25, 0.3) is 0 Å². The Bertz CT molecular complexity index is 1460. The second-order valence-corrected chi connectivity index (χ2v) is 8.49. The van der Waals surface area contributed by atoms with E-state index in [1.54, 1.807) is 7.11 Å². The van der Waals surface area contributed by atoms with Crippen molar-refractivity contribution in [3.63, 3.8) is 0 Å². The largest absolute Gasteiger partial charge is 0.497 e. The van der Waals surface area contributed by atoms with E-state index < -0.39 is 0 Å². The summed E-state index contributed by atoms with van der Waals surface area (Å²) in [5.74, 6) is 1.79. The van der Waals surface area contributed by atoms with Crippen LogP contribution in [-0.2, 0) is 5.41 Å². The number of fused-ring (bicyclic) bond motifs is 6. The van der Waals surface area contributed by atoms with Crippen LogP contribution in [0.5, 0.6) is 5.75 Å². The summed E-state index contributed by atoms with van der Waals surface area (Å²) in [6.07, 6.45) is 2.04. The van der Waals surface area contributed by atoms with Crippen LogP contribution in [-0.4, -0.2) is 16.7 Å². The van der Waals surface area contributed by atoms with Crippen LogP contribution >= 0.6 is 0 Å². The Morgan fingerprint density at radius 3 is 2.40 bits per heavy atom. The summed E-state index contributed by atoms with van der Waals surface area (Å²) >= 11 is 0. The van der Waals surface area contributed by atoms with Crippen molar-refractivity contribution >= 4 is 21.8 Å². The van der Waals surface area contributed by atoms with Crippen molar-refractivity contribution < 1.29 is 4.74 Å². The molecule has 3 nitrogen and oxygen atoms in total. The van der Waals surface area contributed by atoms with E-state index in [4.69, 9.17) is 9.72 Å². The van der Waals surface area contributed by atoms with E-state index in [1.807, 2.05) is 12.3 Å². The Morgan fingerprint density at radius 1 is 0.767 bits per heavy atom. The number of hydrogen-bond acceptors (Lipinski definition) is 2. The zero-order valence-corrected chi connectivity index (χ0v) is 17.3. The van der Waals surface area contributed by atoms with Gasteiger partial charge in [0.2, 0.25) is 0 Å². The zero-order chi connectivity index (χ0) is 20.5. The molecule has 6 rings (SSSR count). The van der Waals surface area contributed by atoms with E-state index in [0.717, 1.165) is 22.6 Å². The molecule has 2 aromatic heterocycles. The molecule has 0 saturated carbocycles. The van der Waals surface area contributed by atoms with Crippen molar-refractivity contribution in [2.75, 3.05) is 7.11 Å². The third-order valence-corrected chi connectivity index (χ3v) is 6.56. The molecule has 3 heteroatoms. The maximum Gasteiger partial charge on any atom is 0.137 e. The van der Waals surface area contributed by atoms with Gasteiger partial charge in [-0.2, -0.15) is 0 Å². The number of hydrogen-bond donors (Lipinski definition) is 0. The molecule has 0 saturated heterocycles. The molecule has 3 aromatic carbocycles. The number of methoxy groups -OCH3 is 1. The van der Waals surface area contributed by atoms with Crippen molar-refractivity contribution in [3.8, 4) is 22.7 Å². The lowest BCUT2D eigenvalue weighted by Crippen LogP contribution is -2.15. The molecule has 1 aliphatic carbocycles. The summed E-state index contributed by atoms with van der Waals surface area (Å²) in [7, 11) is 1.71. The maximum absolute atomic E-state index is 5.52. The third-order valence-electron chi connectivity index (χ3n) is 6.56. The van der Waals surface area contributed by atoms with Crippen molar-refractivity contribution in [2.24, 2.45) is 0 Å². The molecule has 146 valence electrons. The Labute approximate surface area is 175 Å². The lowest BCUT2D eigenvalue weighted by molar-refractivity contribution is 0.415. The van der Waals surface area contributed by atoms with Gasteiger partial charge in [0, 0.05) is 34.0 Å². The monoisotopic (exact) mass is 390 g/mol. The number of ether oxygens (including phenoxy) is 1. The van der Waals surface area contributed by atoms with E-state index in [9.17, 15) is 0 Å². The summed E-state index contributed by atoms with van der Waals surface area (Å²) in [5, 5.41) is 2.43. The molecule has 0 amide bonds. The Balaban J connectivity index is 1.67. The fourth-order valence-electron chi connectivity index (χ4n) is 5.03. The molecule has 0 radical (unpaired) electrons. The minimum atomic E-state index is -0.0555. The van der Waals surface area contributed by atoms with Crippen LogP contribution in [0.2, 0.25) is 0 Å². The first kappa shape index (κ1) is 17.3. The number of para-hydroxylation sites is 1. The highest BCUT2D eigenvalue weighted by atomic mass is 16.5. The molecular formula is C27H22N2O. The van der Waals surface area contributed by atoms with Crippen LogP contribution in [0.25, 0.3) is 38.8 Å². The van der Waals surface area contributed by atoms with Crippen LogP contribution in [0, 0.1) is 0 Å². The first-order valence-corrected chi connectivity index (χ1v) is 10.3. The predicted octanol–water partition coefficient (Wildman–Crippen LogP) is 6.49. The molecule has 0 bridgehead atoms. The standard InChI is InChI=1S/C27H22N2O/c1-27(2)22-10-6-4-8-18(22)21-16-28-26(15-23(21)27)29-24-11-7-5-9-19(24)20-13-12-17(30-3)14-25(20)29/h4-16H,1-3H3. The van der Waals surface area contributed by atoms with E-state index in [1.165, 1.54) is 33.0 Å². The van der Waals surface area contributed by atoms with E-state index in [0.29, 0.717) is 0 Å². The second-order valence-electron chi connectivity index (χ2n) is 8.49. The summed E-state index contributed by atoms with van der Waals surface area (Å²) in [5.41, 5.74) is 7.42. The van der Waals surface area contributed by atoms with Crippen LogP contribution in [0.4, 0.5) is 0 Å². The first-order valence-electron chi connectivity index (χ1n) is 10.3. The molecule has 0 aliphatic heterocycles. The Morgan fingerprint density at radius 2 is 1.53 bits per heavy atom. The molecule has 0 atom stereocenters. The second kappa shape index (κ2) is 5.96. The highest BCUT2D eigenvalue weighted by Gasteiger charge is 2.35. The SMILES string of the molecule is COc1ccc2c3ccccc3n(-c3cc4c(cn3)-c3ccccc3C4(C)C)c2c1. The normalized spacial score (nSPS) is 14.1. The average Bonchev–Trinajstić information content (AvgIpc) is 3.23. The summed E-state index contributed by atoms with van der Waals surface area (Å²) in [4.78, 5) is 4.94. The topological polar surface area (TPSA) is 27.1 Å². The average molecular weight is 390 g/mol. The third kappa shape index (κ3) is 2.18. The number of pyridine rings is 1. The molecular weight excluding hydrogens is 368 g/mol. The maximum atomic E-state index is 5.52. The lowest BCUT2D eigenvalue weighted by atomic mass is 9.83. The van der Waals surface area contributed by atoms with Crippen molar-refractivity contribution in [1.82, 2.24) is 9.55 Å². The van der Waals surface area contributed by atoms with E-state index in [2.05, 4.69) is 85.1 Å². The highest BCUT2D eigenvalue weighted by Crippen LogP contribution is 2.48.